The summed E-state index contributed by atoms with van der Waals surface area (Å²) in [6, 6.07) is 8.05. The summed E-state index contributed by atoms with van der Waals surface area (Å²) in [6.45, 7) is 1.57. The standard InChI is InChI=1S/C14H20N2O2/c1-15(2)8-11-4-3-5-13(6-11)16-9-12(10-17)7-14(16)18/h3-6,12,17H,7-10H2,1-2H3. The highest BCUT2D eigenvalue weighted by Gasteiger charge is 2.29. The summed E-state index contributed by atoms with van der Waals surface area (Å²) in [5, 5.41) is 9.14. The fraction of sp³-hybridized carbons (Fsp3) is 0.500. The Balaban J connectivity index is 2.16. The highest BCUT2D eigenvalue weighted by atomic mass is 16.3. The van der Waals surface area contributed by atoms with E-state index in [1.54, 1.807) is 4.90 Å². The van der Waals surface area contributed by atoms with Crippen LogP contribution in [0.1, 0.15) is 12.0 Å². The van der Waals surface area contributed by atoms with Crippen LogP contribution in [0.25, 0.3) is 0 Å². The molecule has 2 rings (SSSR count). The van der Waals surface area contributed by atoms with Gasteiger partial charge in [-0.05, 0) is 31.8 Å². The normalized spacial score (nSPS) is 19.9. The van der Waals surface area contributed by atoms with E-state index in [9.17, 15) is 4.79 Å². The van der Waals surface area contributed by atoms with E-state index in [0.29, 0.717) is 13.0 Å². The summed E-state index contributed by atoms with van der Waals surface area (Å²) < 4.78 is 0. The van der Waals surface area contributed by atoms with Crippen LogP contribution in [0.2, 0.25) is 0 Å². The molecule has 1 amide bonds. The van der Waals surface area contributed by atoms with Crippen LogP contribution in [-0.4, -0.2) is 43.2 Å². The topological polar surface area (TPSA) is 43.8 Å². The summed E-state index contributed by atoms with van der Waals surface area (Å²) in [6.07, 6.45) is 0.453. The zero-order chi connectivity index (χ0) is 13.1. The number of rotatable bonds is 4. The van der Waals surface area contributed by atoms with Gasteiger partial charge in [0.05, 0.1) is 0 Å². The van der Waals surface area contributed by atoms with Crippen molar-refractivity contribution in [3.8, 4) is 0 Å². The Kier molecular flexibility index (Phi) is 3.99. The van der Waals surface area contributed by atoms with Gasteiger partial charge in [0.15, 0.2) is 0 Å². The second-order valence-electron chi connectivity index (χ2n) is 5.16. The molecule has 1 aromatic carbocycles. The van der Waals surface area contributed by atoms with Gasteiger partial charge in [0.1, 0.15) is 0 Å². The zero-order valence-corrected chi connectivity index (χ0v) is 11.0. The zero-order valence-electron chi connectivity index (χ0n) is 11.0. The molecule has 0 saturated carbocycles. The third-order valence-corrected chi connectivity index (χ3v) is 3.18. The third kappa shape index (κ3) is 2.89. The molecule has 0 radical (unpaired) electrons. The molecule has 1 fully saturated rings. The smallest absolute Gasteiger partial charge is 0.227 e. The van der Waals surface area contributed by atoms with Gasteiger partial charge in [-0.15, -0.1) is 0 Å². The molecule has 1 N–H and O–H groups in total. The van der Waals surface area contributed by atoms with Gasteiger partial charge in [0.25, 0.3) is 0 Å². The minimum Gasteiger partial charge on any atom is -0.396 e. The third-order valence-electron chi connectivity index (χ3n) is 3.18. The van der Waals surface area contributed by atoms with Crippen LogP contribution in [0.5, 0.6) is 0 Å². The summed E-state index contributed by atoms with van der Waals surface area (Å²) >= 11 is 0. The summed E-state index contributed by atoms with van der Waals surface area (Å²) in [5.74, 6) is 0.186. The predicted octanol–water partition coefficient (Wildman–Crippen LogP) is 1.09. The van der Waals surface area contributed by atoms with Gasteiger partial charge < -0.3 is 14.9 Å². The second-order valence-corrected chi connectivity index (χ2v) is 5.16. The molecule has 1 atom stereocenters. The predicted molar refractivity (Wildman–Crippen MR) is 71.4 cm³/mol. The summed E-state index contributed by atoms with van der Waals surface area (Å²) in [4.78, 5) is 15.8. The van der Waals surface area contributed by atoms with E-state index in [0.717, 1.165) is 12.2 Å². The van der Waals surface area contributed by atoms with Crippen LogP contribution in [0.4, 0.5) is 5.69 Å². The van der Waals surface area contributed by atoms with E-state index < -0.39 is 0 Å². The van der Waals surface area contributed by atoms with Gasteiger partial charge in [-0.25, -0.2) is 0 Å². The maximum absolute atomic E-state index is 11.9. The Morgan fingerprint density at radius 1 is 1.44 bits per heavy atom. The number of anilines is 1. The number of benzene rings is 1. The van der Waals surface area contributed by atoms with Gasteiger partial charge in [-0.1, -0.05) is 12.1 Å². The van der Waals surface area contributed by atoms with Gasteiger partial charge in [0.2, 0.25) is 5.91 Å². The van der Waals surface area contributed by atoms with E-state index in [1.165, 1.54) is 5.56 Å². The Bertz CT molecular complexity index is 432. The van der Waals surface area contributed by atoms with Crippen molar-refractivity contribution in [2.75, 3.05) is 32.1 Å². The average molecular weight is 248 g/mol. The lowest BCUT2D eigenvalue weighted by Crippen LogP contribution is -2.25. The van der Waals surface area contributed by atoms with Crippen LogP contribution in [0, 0.1) is 5.92 Å². The van der Waals surface area contributed by atoms with Crippen molar-refractivity contribution in [3.63, 3.8) is 0 Å². The van der Waals surface area contributed by atoms with Crippen molar-refractivity contribution in [3.05, 3.63) is 29.8 Å². The van der Waals surface area contributed by atoms with Gasteiger partial charge in [-0.2, -0.15) is 0 Å². The van der Waals surface area contributed by atoms with Crippen LogP contribution in [-0.2, 0) is 11.3 Å². The Morgan fingerprint density at radius 3 is 2.83 bits per heavy atom. The molecule has 18 heavy (non-hydrogen) atoms. The van der Waals surface area contributed by atoms with Crippen LogP contribution >= 0.6 is 0 Å². The molecule has 98 valence electrons. The number of hydrogen-bond acceptors (Lipinski definition) is 3. The van der Waals surface area contributed by atoms with Crippen molar-refractivity contribution in [2.45, 2.75) is 13.0 Å². The van der Waals surface area contributed by atoms with E-state index in [2.05, 4.69) is 17.0 Å². The first kappa shape index (κ1) is 13.1. The number of nitrogens with zero attached hydrogens (tertiary/aromatic N) is 2. The minimum atomic E-state index is 0.0787. The van der Waals surface area contributed by atoms with Crippen molar-refractivity contribution >= 4 is 11.6 Å². The minimum absolute atomic E-state index is 0.0787. The molecule has 1 aromatic rings. The molecule has 1 unspecified atom stereocenters. The van der Waals surface area contributed by atoms with E-state index in [-0.39, 0.29) is 18.4 Å². The van der Waals surface area contributed by atoms with Crippen molar-refractivity contribution in [1.29, 1.82) is 0 Å². The Labute approximate surface area is 108 Å². The van der Waals surface area contributed by atoms with E-state index in [1.807, 2.05) is 26.2 Å². The molecule has 1 heterocycles. The van der Waals surface area contributed by atoms with Gasteiger partial charge in [-0.3, -0.25) is 4.79 Å². The van der Waals surface area contributed by atoms with Crippen molar-refractivity contribution < 1.29 is 9.90 Å². The number of carbonyl (C=O) groups excluding carboxylic acids is 1. The largest absolute Gasteiger partial charge is 0.396 e. The molecule has 4 nitrogen and oxygen atoms in total. The molecule has 4 heteroatoms. The Morgan fingerprint density at radius 2 is 2.22 bits per heavy atom. The Hall–Kier alpha value is -1.39. The number of aliphatic hydroxyl groups is 1. The second kappa shape index (κ2) is 5.50. The van der Waals surface area contributed by atoms with Crippen molar-refractivity contribution in [1.82, 2.24) is 4.90 Å². The molecule has 0 spiro atoms. The summed E-state index contributed by atoms with van der Waals surface area (Å²) in [7, 11) is 4.05. The fourth-order valence-electron chi connectivity index (χ4n) is 2.34. The molecule has 0 bridgehead atoms. The number of aliphatic hydroxyl groups excluding tert-OH is 1. The molecule has 1 aliphatic rings. The first-order chi connectivity index (χ1) is 8.60. The van der Waals surface area contributed by atoms with E-state index >= 15 is 0 Å². The van der Waals surface area contributed by atoms with Gasteiger partial charge in [0, 0.05) is 37.7 Å². The maximum atomic E-state index is 11.9. The number of amides is 1. The highest BCUT2D eigenvalue weighted by Crippen LogP contribution is 2.25. The highest BCUT2D eigenvalue weighted by molar-refractivity contribution is 5.95. The fourth-order valence-corrected chi connectivity index (χ4v) is 2.34. The lowest BCUT2D eigenvalue weighted by atomic mass is 10.1. The number of carbonyl (C=O) groups is 1. The maximum Gasteiger partial charge on any atom is 0.227 e. The quantitative estimate of drug-likeness (QED) is 0.867. The van der Waals surface area contributed by atoms with E-state index in [4.69, 9.17) is 5.11 Å². The first-order valence-electron chi connectivity index (χ1n) is 6.25. The first-order valence-corrected chi connectivity index (χ1v) is 6.25. The molecule has 0 aromatic heterocycles. The molecular formula is C14H20N2O2. The van der Waals surface area contributed by atoms with Crippen molar-refractivity contribution in [2.24, 2.45) is 5.92 Å². The van der Waals surface area contributed by atoms with Crippen LogP contribution in [0.15, 0.2) is 24.3 Å². The average Bonchev–Trinajstić information content (AvgIpc) is 2.70. The molecule has 1 saturated heterocycles. The SMILES string of the molecule is CN(C)Cc1cccc(N2CC(CO)CC2=O)c1. The van der Waals surface area contributed by atoms with Gasteiger partial charge >= 0.3 is 0 Å². The summed E-state index contributed by atoms with van der Waals surface area (Å²) in [5.41, 5.74) is 2.13. The molecular weight excluding hydrogens is 228 g/mol. The van der Waals surface area contributed by atoms with Crippen LogP contribution in [0.3, 0.4) is 0 Å². The molecule has 0 aliphatic carbocycles. The molecule has 1 aliphatic heterocycles. The lowest BCUT2D eigenvalue weighted by molar-refractivity contribution is -0.117. The lowest BCUT2D eigenvalue weighted by Gasteiger charge is -2.18. The monoisotopic (exact) mass is 248 g/mol. The number of hydrogen-bond donors (Lipinski definition) is 1. The van der Waals surface area contributed by atoms with Crippen LogP contribution < -0.4 is 4.90 Å².